The van der Waals surface area contributed by atoms with E-state index >= 15 is 0 Å². The zero-order valence-electron chi connectivity index (χ0n) is 15.7. The van der Waals surface area contributed by atoms with Crippen LogP contribution in [0.3, 0.4) is 0 Å². The monoisotopic (exact) mass is 416 g/mol. The maximum atomic E-state index is 12.1. The highest BCUT2D eigenvalue weighted by molar-refractivity contribution is 7.86. The summed E-state index contributed by atoms with van der Waals surface area (Å²) in [7, 11) is -0.402. The lowest BCUT2D eigenvalue weighted by Crippen LogP contribution is -2.46. The molecule has 0 unspecified atom stereocenters. The number of amides is 2. The van der Waals surface area contributed by atoms with Crippen LogP contribution in [0.2, 0.25) is 5.02 Å². The van der Waals surface area contributed by atoms with E-state index in [4.69, 9.17) is 11.6 Å². The lowest BCUT2D eigenvalue weighted by atomic mass is 9.98. The summed E-state index contributed by atoms with van der Waals surface area (Å²) in [5, 5.41) is 5.68. The van der Waals surface area contributed by atoms with Gasteiger partial charge in [-0.3, -0.25) is 9.59 Å². The molecule has 1 aromatic rings. The van der Waals surface area contributed by atoms with Crippen LogP contribution < -0.4 is 10.6 Å². The first-order valence-electron chi connectivity index (χ1n) is 8.64. The summed E-state index contributed by atoms with van der Waals surface area (Å²) >= 11 is 6.00. The Labute approximate surface area is 165 Å². The molecule has 0 bridgehead atoms. The number of hydrogen-bond acceptors (Lipinski definition) is 4. The molecule has 2 rings (SSSR count). The van der Waals surface area contributed by atoms with Crippen molar-refractivity contribution < 1.29 is 18.0 Å². The number of benzene rings is 1. The van der Waals surface area contributed by atoms with Gasteiger partial charge in [0.2, 0.25) is 0 Å². The Bertz CT molecular complexity index is 805. The minimum atomic E-state index is -3.41. The van der Waals surface area contributed by atoms with Crippen LogP contribution in [-0.4, -0.2) is 62.6 Å². The Morgan fingerprint density at radius 3 is 2.44 bits per heavy atom. The number of halogens is 1. The Morgan fingerprint density at radius 2 is 1.85 bits per heavy atom. The fourth-order valence-electron chi connectivity index (χ4n) is 2.81. The van der Waals surface area contributed by atoms with Crippen molar-refractivity contribution in [1.29, 1.82) is 0 Å². The third kappa shape index (κ3) is 5.41. The van der Waals surface area contributed by atoms with Gasteiger partial charge in [-0.05, 0) is 43.4 Å². The number of carbonyl (C=O) groups is 2. The van der Waals surface area contributed by atoms with Crippen LogP contribution in [0.1, 0.15) is 18.4 Å². The third-order valence-electron chi connectivity index (χ3n) is 4.63. The van der Waals surface area contributed by atoms with Gasteiger partial charge in [-0.15, -0.1) is 0 Å². The first-order chi connectivity index (χ1) is 12.6. The molecule has 150 valence electrons. The van der Waals surface area contributed by atoms with Crippen molar-refractivity contribution in [2.75, 3.05) is 39.0 Å². The molecule has 1 heterocycles. The van der Waals surface area contributed by atoms with Crippen LogP contribution in [0.4, 0.5) is 5.69 Å². The molecule has 1 aliphatic heterocycles. The minimum Gasteiger partial charge on any atom is -0.348 e. The molecule has 1 aliphatic rings. The summed E-state index contributed by atoms with van der Waals surface area (Å²) < 4.78 is 26.8. The number of anilines is 1. The first kappa shape index (κ1) is 21.6. The van der Waals surface area contributed by atoms with Gasteiger partial charge < -0.3 is 10.6 Å². The zero-order chi connectivity index (χ0) is 20.2. The van der Waals surface area contributed by atoms with E-state index in [1.807, 2.05) is 0 Å². The van der Waals surface area contributed by atoms with Crippen LogP contribution in [0.15, 0.2) is 18.2 Å². The van der Waals surface area contributed by atoms with E-state index in [0.29, 0.717) is 48.7 Å². The largest absolute Gasteiger partial charge is 0.348 e. The second-order valence-corrected chi connectivity index (χ2v) is 9.26. The molecule has 8 nitrogen and oxygen atoms in total. The summed E-state index contributed by atoms with van der Waals surface area (Å²) in [6, 6.07) is 5.07. The summed E-state index contributed by atoms with van der Waals surface area (Å²) in [5.74, 6) is -1.35. The van der Waals surface area contributed by atoms with Gasteiger partial charge in [0.1, 0.15) is 0 Å². The average molecular weight is 417 g/mol. The maximum Gasteiger partial charge on any atom is 0.313 e. The lowest BCUT2D eigenvalue weighted by molar-refractivity contribution is -0.136. The molecule has 1 fully saturated rings. The fourth-order valence-corrected chi connectivity index (χ4v) is 4.12. The molecular weight excluding hydrogens is 392 g/mol. The number of nitrogens with one attached hydrogen (secondary N) is 2. The van der Waals surface area contributed by atoms with Crippen LogP contribution in [0.5, 0.6) is 0 Å². The lowest BCUT2D eigenvalue weighted by Gasteiger charge is -2.32. The van der Waals surface area contributed by atoms with E-state index in [9.17, 15) is 18.0 Å². The molecule has 0 aliphatic carbocycles. The van der Waals surface area contributed by atoms with Gasteiger partial charge in [0.25, 0.3) is 10.2 Å². The summed E-state index contributed by atoms with van der Waals surface area (Å²) in [6.45, 7) is 2.88. The Hall–Kier alpha value is -1.68. The molecule has 1 aromatic carbocycles. The van der Waals surface area contributed by atoms with Crippen LogP contribution in [-0.2, 0) is 19.8 Å². The van der Waals surface area contributed by atoms with Gasteiger partial charge in [-0.1, -0.05) is 17.7 Å². The molecular formula is C17H25ClN4O4S. The minimum absolute atomic E-state index is 0.128. The summed E-state index contributed by atoms with van der Waals surface area (Å²) in [5.41, 5.74) is 1.18. The summed E-state index contributed by atoms with van der Waals surface area (Å²) in [6.07, 6.45) is 1.25. The molecule has 0 radical (unpaired) electrons. The van der Waals surface area contributed by atoms with Gasteiger partial charge in [0, 0.05) is 44.4 Å². The van der Waals surface area contributed by atoms with E-state index in [-0.39, 0.29) is 5.92 Å². The quantitative estimate of drug-likeness (QED) is 0.705. The maximum absolute atomic E-state index is 12.1. The average Bonchev–Trinajstić information content (AvgIpc) is 2.63. The predicted octanol–water partition coefficient (Wildman–Crippen LogP) is 1.22. The SMILES string of the molecule is Cc1c(Cl)cccc1NC(=O)C(=O)NCC1CCN(S(=O)(=O)N(C)C)CC1. The standard InChI is InChI=1S/C17H25ClN4O4S/c1-12-14(18)5-4-6-15(12)20-17(24)16(23)19-11-13-7-9-22(10-8-13)27(25,26)21(2)3/h4-6,13H,7-11H2,1-3H3,(H,19,23)(H,20,24). The van der Waals surface area contributed by atoms with Crippen molar-refractivity contribution in [3.05, 3.63) is 28.8 Å². The Balaban J connectivity index is 1.81. The summed E-state index contributed by atoms with van der Waals surface area (Å²) in [4.78, 5) is 24.1. The number of nitrogens with zero attached hydrogens (tertiary/aromatic N) is 2. The fraction of sp³-hybridized carbons (Fsp3) is 0.529. The molecule has 0 spiro atoms. The zero-order valence-corrected chi connectivity index (χ0v) is 17.2. The molecule has 0 saturated carbocycles. The molecule has 0 aromatic heterocycles. The van der Waals surface area contributed by atoms with E-state index in [0.717, 1.165) is 0 Å². The first-order valence-corrected chi connectivity index (χ1v) is 10.4. The van der Waals surface area contributed by atoms with E-state index in [1.54, 1.807) is 25.1 Å². The highest BCUT2D eigenvalue weighted by Crippen LogP contribution is 2.23. The van der Waals surface area contributed by atoms with Crippen LogP contribution in [0.25, 0.3) is 0 Å². The number of carbonyl (C=O) groups excluding carboxylic acids is 2. The second-order valence-electron chi connectivity index (χ2n) is 6.71. The van der Waals surface area contributed by atoms with Gasteiger partial charge in [-0.2, -0.15) is 17.0 Å². The predicted molar refractivity (Wildman–Crippen MR) is 105 cm³/mol. The van der Waals surface area contributed by atoms with Gasteiger partial charge in [0.15, 0.2) is 0 Å². The molecule has 27 heavy (non-hydrogen) atoms. The number of piperidine rings is 1. The highest BCUT2D eigenvalue weighted by Gasteiger charge is 2.29. The molecule has 2 amide bonds. The number of hydrogen-bond donors (Lipinski definition) is 2. The van der Waals surface area contributed by atoms with E-state index in [2.05, 4.69) is 10.6 Å². The van der Waals surface area contributed by atoms with Crippen LogP contribution in [0, 0.1) is 12.8 Å². The van der Waals surface area contributed by atoms with E-state index < -0.39 is 22.0 Å². The molecule has 2 N–H and O–H groups in total. The Morgan fingerprint density at radius 1 is 1.22 bits per heavy atom. The third-order valence-corrected chi connectivity index (χ3v) is 6.98. The molecule has 0 atom stereocenters. The normalized spacial score (nSPS) is 16.3. The van der Waals surface area contributed by atoms with Gasteiger partial charge in [-0.25, -0.2) is 0 Å². The van der Waals surface area contributed by atoms with Crippen molar-refractivity contribution in [2.24, 2.45) is 5.92 Å². The highest BCUT2D eigenvalue weighted by atomic mass is 35.5. The van der Waals surface area contributed by atoms with E-state index in [1.165, 1.54) is 22.7 Å². The Kier molecular flexibility index (Phi) is 7.21. The number of rotatable bonds is 5. The molecule has 1 saturated heterocycles. The van der Waals surface area contributed by atoms with Crippen molar-refractivity contribution in [3.63, 3.8) is 0 Å². The van der Waals surface area contributed by atoms with Crippen molar-refractivity contribution in [1.82, 2.24) is 13.9 Å². The van der Waals surface area contributed by atoms with Crippen molar-refractivity contribution in [3.8, 4) is 0 Å². The topological polar surface area (TPSA) is 98.8 Å². The second kappa shape index (κ2) is 9.01. The van der Waals surface area contributed by atoms with Crippen LogP contribution >= 0.6 is 11.6 Å². The van der Waals surface area contributed by atoms with Crippen molar-refractivity contribution in [2.45, 2.75) is 19.8 Å². The van der Waals surface area contributed by atoms with Gasteiger partial charge in [0.05, 0.1) is 0 Å². The van der Waals surface area contributed by atoms with Gasteiger partial charge >= 0.3 is 11.8 Å². The van der Waals surface area contributed by atoms with Crippen molar-refractivity contribution >= 4 is 39.3 Å². The molecule has 10 heteroatoms. The smallest absolute Gasteiger partial charge is 0.313 e.